The first-order valence-corrected chi connectivity index (χ1v) is 18.8. The number of rotatable bonds is 6. The first-order chi connectivity index (χ1) is 24.9. The minimum absolute atomic E-state index is 0.205. The molecule has 1 aliphatic heterocycles. The van der Waals surface area contributed by atoms with E-state index < -0.39 is 0 Å². The summed E-state index contributed by atoms with van der Waals surface area (Å²) >= 11 is 1.68. The van der Waals surface area contributed by atoms with Crippen LogP contribution in [0.1, 0.15) is 64.0 Å². The van der Waals surface area contributed by atoms with Crippen molar-refractivity contribution in [1.82, 2.24) is 15.0 Å². The second-order valence-electron chi connectivity index (χ2n) is 14.3. The number of benzene rings is 5. The fourth-order valence-electron chi connectivity index (χ4n) is 7.97. The summed E-state index contributed by atoms with van der Waals surface area (Å²) in [6.07, 6.45) is 6.23. The van der Waals surface area contributed by atoms with Gasteiger partial charge in [0.1, 0.15) is 11.5 Å². The van der Waals surface area contributed by atoms with Gasteiger partial charge in [0.2, 0.25) is 0 Å². The van der Waals surface area contributed by atoms with Crippen molar-refractivity contribution in [3.05, 3.63) is 126 Å². The third-order valence-electron chi connectivity index (χ3n) is 10.7. The molecule has 0 radical (unpaired) electrons. The fraction of sp³-hybridized carbons (Fsp3) is 0.244. The molecule has 0 bridgehead atoms. The van der Waals surface area contributed by atoms with Crippen LogP contribution in [0.15, 0.2) is 125 Å². The first kappa shape index (κ1) is 32.9. The van der Waals surface area contributed by atoms with Crippen LogP contribution in [0.4, 0.5) is 0 Å². The number of ether oxygens (including phenoxy) is 1. The van der Waals surface area contributed by atoms with Crippen molar-refractivity contribution in [2.75, 3.05) is 0 Å². The van der Waals surface area contributed by atoms with E-state index in [1.807, 2.05) is 78.9 Å². The number of hydrogen-bond donors (Lipinski definition) is 0. The van der Waals surface area contributed by atoms with Gasteiger partial charge >= 0.3 is 0 Å². The van der Waals surface area contributed by atoms with Crippen LogP contribution in [0.2, 0.25) is 0 Å². The molecule has 0 spiro atoms. The molecule has 0 saturated heterocycles. The van der Waals surface area contributed by atoms with Crippen molar-refractivity contribution < 1.29 is 4.74 Å². The van der Waals surface area contributed by atoms with Crippen LogP contribution in [-0.4, -0.2) is 15.0 Å². The van der Waals surface area contributed by atoms with Crippen molar-refractivity contribution in [2.24, 2.45) is 11.8 Å². The van der Waals surface area contributed by atoms with Crippen LogP contribution in [0, 0.1) is 23.2 Å². The summed E-state index contributed by atoms with van der Waals surface area (Å²) in [4.78, 5) is 16.9. The minimum atomic E-state index is 0.205. The molecule has 3 atom stereocenters. The van der Waals surface area contributed by atoms with Crippen LogP contribution in [0.5, 0.6) is 11.5 Å². The number of hydrogen-bond acceptors (Lipinski definition) is 6. The third-order valence-corrected chi connectivity index (χ3v) is 11.8. The number of nitrogens with zero attached hydrogens (tertiary/aromatic N) is 4. The Morgan fingerprint density at radius 3 is 1.94 bits per heavy atom. The lowest BCUT2D eigenvalue weighted by Crippen LogP contribution is -2.28. The average Bonchev–Trinajstić information content (AvgIpc) is 3.34. The Hall–Kier alpha value is -5.25. The molecule has 6 aromatic rings. The number of aromatic nitrogens is 3. The van der Waals surface area contributed by atoms with E-state index in [1.165, 1.54) is 31.2 Å². The summed E-state index contributed by atoms with van der Waals surface area (Å²) in [6.45, 7) is 7.17. The summed E-state index contributed by atoms with van der Waals surface area (Å²) in [5.41, 5.74) is 6.69. The van der Waals surface area contributed by atoms with Gasteiger partial charge in [-0.05, 0) is 89.6 Å². The zero-order valence-electron chi connectivity index (χ0n) is 29.3. The maximum atomic E-state index is 10.4. The van der Waals surface area contributed by atoms with Gasteiger partial charge in [0.05, 0.1) is 21.4 Å². The van der Waals surface area contributed by atoms with Gasteiger partial charge in [-0.25, -0.2) is 15.0 Å². The Bertz CT molecular complexity index is 2250. The van der Waals surface area contributed by atoms with E-state index in [0.29, 0.717) is 23.0 Å². The van der Waals surface area contributed by atoms with Gasteiger partial charge in [-0.15, -0.1) is 0 Å². The van der Waals surface area contributed by atoms with E-state index >= 15 is 0 Å². The molecule has 5 aromatic carbocycles. The van der Waals surface area contributed by atoms with Gasteiger partial charge in [-0.3, -0.25) is 0 Å². The van der Waals surface area contributed by atoms with Crippen LogP contribution >= 0.6 is 11.8 Å². The Morgan fingerprint density at radius 2 is 1.25 bits per heavy atom. The predicted molar refractivity (Wildman–Crippen MR) is 206 cm³/mol. The van der Waals surface area contributed by atoms with Crippen molar-refractivity contribution >= 4 is 11.8 Å². The van der Waals surface area contributed by atoms with Crippen LogP contribution < -0.4 is 4.74 Å². The molecular formula is C45H40N4OS. The van der Waals surface area contributed by atoms with Crippen molar-refractivity contribution in [3.8, 4) is 62.9 Å². The first-order valence-electron chi connectivity index (χ1n) is 18.0. The molecule has 5 nitrogen and oxygen atoms in total. The Morgan fingerprint density at radius 1 is 0.667 bits per heavy atom. The molecule has 252 valence electrons. The molecule has 2 heterocycles. The van der Waals surface area contributed by atoms with E-state index in [1.54, 1.807) is 11.8 Å². The molecule has 8 rings (SSSR count). The zero-order chi connectivity index (χ0) is 35.0. The molecule has 1 unspecified atom stereocenters. The van der Waals surface area contributed by atoms with Gasteiger partial charge in [-0.2, -0.15) is 5.26 Å². The molecule has 0 N–H and O–H groups in total. The lowest BCUT2D eigenvalue weighted by Gasteiger charge is -2.35. The molecule has 1 aromatic heterocycles. The monoisotopic (exact) mass is 684 g/mol. The predicted octanol–water partition coefficient (Wildman–Crippen LogP) is 12.2. The standard InChI is InChI=1S/C45H40N4OS/c1-4-45(26-29(2)14-15-30(3)27-45)36-20-16-31(17-21-36)37-22-18-33(24-35(37)28-46)43-47-42(32-10-6-5-7-11-32)48-44(49-43)34-19-23-39-41(25-34)51-40-13-9-8-12-38(40)50-39/h5-13,16-25,29-30H,4,14-15,26-27H2,1-3H3/t29-,30+,45?. The van der Waals surface area contributed by atoms with E-state index in [9.17, 15) is 5.26 Å². The topological polar surface area (TPSA) is 71.7 Å². The lowest BCUT2D eigenvalue weighted by atomic mass is 9.69. The van der Waals surface area contributed by atoms with Gasteiger partial charge in [0.15, 0.2) is 17.5 Å². The highest BCUT2D eigenvalue weighted by molar-refractivity contribution is 7.99. The van der Waals surface area contributed by atoms with Crippen molar-refractivity contribution in [3.63, 3.8) is 0 Å². The number of nitriles is 1. The van der Waals surface area contributed by atoms with E-state index in [2.05, 4.69) is 63.2 Å². The third kappa shape index (κ3) is 6.55. The van der Waals surface area contributed by atoms with E-state index in [-0.39, 0.29) is 5.41 Å². The van der Waals surface area contributed by atoms with Crippen LogP contribution in [-0.2, 0) is 5.41 Å². The smallest absolute Gasteiger partial charge is 0.164 e. The van der Waals surface area contributed by atoms with Crippen LogP contribution in [0.25, 0.3) is 45.3 Å². The zero-order valence-corrected chi connectivity index (χ0v) is 30.1. The van der Waals surface area contributed by atoms with Crippen molar-refractivity contribution in [2.45, 2.75) is 68.1 Å². The van der Waals surface area contributed by atoms with E-state index in [0.717, 1.165) is 67.4 Å². The summed E-state index contributed by atoms with van der Waals surface area (Å²) < 4.78 is 6.18. The molecule has 6 heteroatoms. The largest absolute Gasteiger partial charge is 0.455 e. The molecule has 51 heavy (non-hydrogen) atoms. The van der Waals surface area contributed by atoms with Crippen LogP contribution in [0.3, 0.4) is 0 Å². The maximum Gasteiger partial charge on any atom is 0.164 e. The fourth-order valence-corrected chi connectivity index (χ4v) is 8.96. The second kappa shape index (κ2) is 13.8. The molecule has 2 aliphatic rings. The quantitative estimate of drug-likeness (QED) is 0.162. The molecular weight excluding hydrogens is 645 g/mol. The summed E-state index contributed by atoms with van der Waals surface area (Å²) in [5, 5.41) is 10.4. The minimum Gasteiger partial charge on any atom is -0.455 e. The second-order valence-corrected chi connectivity index (χ2v) is 15.3. The maximum absolute atomic E-state index is 10.4. The summed E-state index contributed by atoms with van der Waals surface area (Å²) in [7, 11) is 0. The highest BCUT2D eigenvalue weighted by Gasteiger charge is 2.36. The molecule has 0 amide bonds. The van der Waals surface area contributed by atoms with Gasteiger partial charge in [0.25, 0.3) is 0 Å². The SMILES string of the molecule is CCC1(c2ccc(-c3ccc(-c4nc(-c5ccccc5)nc(-c5ccc6c(c5)Sc5ccccc5O6)n4)cc3C#N)cc2)C[C@H](C)CC[C@H](C)C1. The molecule has 1 saturated carbocycles. The Labute approximate surface area is 304 Å². The number of para-hydroxylation sites is 1. The van der Waals surface area contributed by atoms with Gasteiger partial charge in [0, 0.05) is 16.7 Å². The molecule has 1 fully saturated rings. The number of fused-ring (bicyclic) bond motifs is 2. The lowest BCUT2D eigenvalue weighted by molar-refractivity contribution is 0.295. The average molecular weight is 685 g/mol. The Balaban J connectivity index is 1.15. The van der Waals surface area contributed by atoms with Crippen molar-refractivity contribution in [1.29, 1.82) is 5.26 Å². The highest BCUT2D eigenvalue weighted by Crippen LogP contribution is 2.48. The summed E-state index contributed by atoms with van der Waals surface area (Å²) in [6, 6.07) is 41.5. The van der Waals surface area contributed by atoms with Gasteiger partial charge < -0.3 is 4.74 Å². The highest BCUT2D eigenvalue weighted by atomic mass is 32.2. The van der Waals surface area contributed by atoms with Gasteiger partial charge in [-0.1, -0.05) is 124 Å². The summed E-state index contributed by atoms with van der Waals surface area (Å²) in [5.74, 6) is 4.78. The normalized spacial score (nSPS) is 19.6. The van der Waals surface area contributed by atoms with E-state index in [4.69, 9.17) is 19.7 Å². The Kier molecular flexibility index (Phi) is 8.92. The molecule has 1 aliphatic carbocycles.